The van der Waals surface area contributed by atoms with E-state index in [2.05, 4.69) is 16.8 Å². The van der Waals surface area contributed by atoms with Crippen molar-refractivity contribution in [3.63, 3.8) is 0 Å². The van der Waals surface area contributed by atoms with Crippen LogP contribution in [0.15, 0.2) is 48.7 Å². The number of aliphatic carboxylic acids is 1. The number of hydrogen-bond acceptors (Lipinski definition) is 4. The first-order valence-corrected chi connectivity index (χ1v) is 12.1. The summed E-state index contributed by atoms with van der Waals surface area (Å²) in [6.07, 6.45) is 1.75. The Bertz CT molecular complexity index is 1300. The topological polar surface area (TPSA) is 62.7 Å². The Hall–Kier alpha value is -3.50. The number of nitrogens with zero attached hydrogens (tertiary/aromatic N) is 2. The Morgan fingerprint density at radius 3 is 2.86 bits per heavy atom. The molecule has 0 spiro atoms. The van der Waals surface area contributed by atoms with Crippen LogP contribution in [0, 0.1) is 36.4 Å². The van der Waals surface area contributed by atoms with E-state index in [1.54, 1.807) is 56.6 Å². The van der Waals surface area contributed by atoms with Gasteiger partial charge in [0.1, 0.15) is 17.7 Å². The fraction of sp³-hybridized carbons (Fsp3) is 0.379. The van der Waals surface area contributed by atoms with Crippen molar-refractivity contribution in [1.29, 1.82) is 0 Å². The summed E-state index contributed by atoms with van der Waals surface area (Å²) in [7, 11) is 1.57. The zero-order chi connectivity index (χ0) is 25.7. The normalized spacial score (nSPS) is 18.9. The van der Waals surface area contributed by atoms with Gasteiger partial charge in [-0.25, -0.2) is 8.78 Å². The molecule has 0 aliphatic carbocycles. The molecule has 7 heteroatoms. The van der Waals surface area contributed by atoms with Gasteiger partial charge in [-0.2, -0.15) is 0 Å². The van der Waals surface area contributed by atoms with E-state index < -0.39 is 18.1 Å². The average Bonchev–Trinajstić information content (AvgIpc) is 2.88. The van der Waals surface area contributed by atoms with E-state index >= 15 is 4.39 Å². The minimum absolute atomic E-state index is 0.112. The second-order valence-corrected chi connectivity index (χ2v) is 9.32. The fourth-order valence-electron chi connectivity index (χ4n) is 4.82. The van der Waals surface area contributed by atoms with Crippen molar-refractivity contribution >= 4 is 16.9 Å². The fourth-order valence-corrected chi connectivity index (χ4v) is 4.82. The van der Waals surface area contributed by atoms with E-state index in [-0.39, 0.29) is 18.2 Å². The number of alkyl halides is 1. The number of hydrogen-bond donors (Lipinski definition) is 1. The average molecular weight is 493 g/mol. The highest BCUT2D eigenvalue weighted by molar-refractivity contribution is 5.83. The standard InChI is InChI=1S/C29H30F2N2O3/c1-19-5-6-20(16-27(19)31)4-3-14-33-15-12-21(25(18-33)29(34)35)7-9-26(30)23-11-13-32-28-10-8-22(36-2)17-24(23)28/h5-6,8,10-11,13,16-17,21,25-26H,7,9,12,14-15,18H2,1-2H3,(H,34,35)/t21-,25+,26+/m1/s1. The van der Waals surface area contributed by atoms with Gasteiger partial charge in [-0.1, -0.05) is 17.9 Å². The molecule has 0 unspecified atom stereocenters. The molecular weight excluding hydrogens is 462 g/mol. The number of pyridine rings is 1. The molecule has 36 heavy (non-hydrogen) atoms. The van der Waals surface area contributed by atoms with Crippen LogP contribution in [0.4, 0.5) is 8.78 Å². The van der Waals surface area contributed by atoms with Gasteiger partial charge in [-0.05, 0) is 86.2 Å². The van der Waals surface area contributed by atoms with Crippen LogP contribution < -0.4 is 4.74 Å². The predicted octanol–water partition coefficient (Wildman–Crippen LogP) is 5.56. The summed E-state index contributed by atoms with van der Waals surface area (Å²) in [6, 6.07) is 11.9. The highest BCUT2D eigenvalue weighted by atomic mass is 19.1. The number of halogens is 2. The summed E-state index contributed by atoms with van der Waals surface area (Å²) < 4.78 is 34.4. The molecular formula is C29H30F2N2O3. The van der Waals surface area contributed by atoms with Crippen molar-refractivity contribution in [1.82, 2.24) is 9.88 Å². The summed E-state index contributed by atoms with van der Waals surface area (Å²) in [6.45, 7) is 3.16. The van der Waals surface area contributed by atoms with Gasteiger partial charge in [0.05, 0.1) is 25.1 Å². The van der Waals surface area contributed by atoms with Gasteiger partial charge in [0.15, 0.2) is 0 Å². The molecule has 1 N–H and O–H groups in total. The quantitative estimate of drug-likeness (QED) is 0.438. The molecule has 1 aliphatic heterocycles. The van der Waals surface area contributed by atoms with Crippen molar-refractivity contribution in [2.75, 3.05) is 26.7 Å². The van der Waals surface area contributed by atoms with E-state index in [0.717, 1.165) is 0 Å². The highest BCUT2D eigenvalue weighted by Crippen LogP contribution is 2.35. The summed E-state index contributed by atoms with van der Waals surface area (Å²) in [5, 5.41) is 10.6. The van der Waals surface area contributed by atoms with Crippen LogP contribution in [-0.4, -0.2) is 47.7 Å². The number of rotatable bonds is 7. The first-order chi connectivity index (χ1) is 17.4. The van der Waals surface area contributed by atoms with Gasteiger partial charge >= 0.3 is 5.97 Å². The number of piperidine rings is 1. The second kappa shape index (κ2) is 11.5. The van der Waals surface area contributed by atoms with E-state index in [9.17, 15) is 14.3 Å². The lowest BCUT2D eigenvalue weighted by Gasteiger charge is -2.35. The molecule has 1 fully saturated rings. The Labute approximate surface area is 210 Å². The monoisotopic (exact) mass is 492 g/mol. The van der Waals surface area contributed by atoms with E-state index in [0.29, 0.717) is 65.8 Å². The van der Waals surface area contributed by atoms with Crippen molar-refractivity contribution in [2.24, 2.45) is 11.8 Å². The van der Waals surface area contributed by atoms with Crippen LogP contribution in [0.5, 0.6) is 5.75 Å². The van der Waals surface area contributed by atoms with Crippen LogP contribution >= 0.6 is 0 Å². The third-order valence-electron chi connectivity index (χ3n) is 6.98. The summed E-state index contributed by atoms with van der Waals surface area (Å²) in [5.41, 5.74) is 2.41. The number of fused-ring (bicyclic) bond motifs is 1. The van der Waals surface area contributed by atoms with Crippen molar-refractivity contribution in [3.05, 3.63) is 71.2 Å². The Kier molecular flexibility index (Phi) is 8.17. The van der Waals surface area contributed by atoms with Crippen LogP contribution in [0.3, 0.4) is 0 Å². The lowest BCUT2D eigenvalue weighted by Crippen LogP contribution is -2.44. The third kappa shape index (κ3) is 6.00. The molecule has 1 aromatic heterocycles. The van der Waals surface area contributed by atoms with Gasteiger partial charge < -0.3 is 9.84 Å². The molecule has 0 amide bonds. The minimum Gasteiger partial charge on any atom is -0.497 e. The molecule has 0 saturated carbocycles. The molecule has 3 aromatic rings. The van der Waals surface area contributed by atoms with Crippen molar-refractivity contribution in [3.8, 4) is 17.6 Å². The molecule has 4 rings (SSSR count). The smallest absolute Gasteiger partial charge is 0.308 e. The van der Waals surface area contributed by atoms with Gasteiger partial charge in [-0.15, -0.1) is 0 Å². The number of aryl methyl sites for hydroxylation is 1. The number of benzene rings is 2. The molecule has 188 valence electrons. The Morgan fingerprint density at radius 1 is 1.28 bits per heavy atom. The Balaban J connectivity index is 1.37. The molecule has 5 nitrogen and oxygen atoms in total. The summed E-state index contributed by atoms with van der Waals surface area (Å²) >= 11 is 0. The first-order valence-electron chi connectivity index (χ1n) is 12.1. The van der Waals surface area contributed by atoms with E-state index in [1.165, 1.54) is 6.07 Å². The molecule has 1 saturated heterocycles. The number of carboxylic acid groups (broad SMARTS) is 1. The third-order valence-corrected chi connectivity index (χ3v) is 6.98. The van der Waals surface area contributed by atoms with Crippen LogP contribution in [0.1, 0.15) is 42.1 Å². The molecule has 1 aliphatic rings. The van der Waals surface area contributed by atoms with E-state index in [1.807, 2.05) is 4.90 Å². The maximum absolute atomic E-state index is 15.4. The predicted molar refractivity (Wildman–Crippen MR) is 135 cm³/mol. The van der Waals surface area contributed by atoms with Crippen molar-refractivity contribution < 1.29 is 23.4 Å². The minimum atomic E-state index is -1.23. The van der Waals surface area contributed by atoms with Crippen LogP contribution in [0.2, 0.25) is 0 Å². The second-order valence-electron chi connectivity index (χ2n) is 9.32. The maximum Gasteiger partial charge on any atom is 0.308 e. The molecule has 3 atom stereocenters. The van der Waals surface area contributed by atoms with E-state index in [4.69, 9.17) is 4.74 Å². The van der Waals surface area contributed by atoms with Gasteiger partial charge in [-0.3, -0.25) is 14.7 Å². The largest absolute Gasteiger partial charge is 0.497 e. The number of carboxylic acids is 1. The number of likely N-dealkylation sites (tertiary alicyclic amines) is 1. The zero-order valence-electron chi connectivity index (χ0n) is 20.5. The van der Waals surface area contributed by atoms with Gasteiger partial charge in [0.25, 0.3) is 0 Å². The first kappa shape index (κ1) is 25.6. The van der Waals surface area contributed by atoms with Crippen LogP contribution in [0.25, 0.3) is 10.9 Å². The zero-order valence-corrected chi connectivity index (χ0v) is 20.5. The summed E-state index contributed by atoms with van der Waals surface area (Å²) in [5.74, 6) is 4.76. The SMILES string of the molecule is COc1ccc2nccc([C@@H](F)CC[C@@H]3CCN(CC#Cc4ccc(C)c(F)c4)C[C@@H]3C(=O)O)c2c1. The number of aromatic nitrogens is 1. The van der Waals surface area contributed by atoms with Crippen molar-refractivity contribution in [2.45, 2.75) is 32.4 Å². The molecule has 0 bridgehead atoms. The lowest BCUT2D eigenvalue weighted by molar-refractivity contribution is -0.146. The molecule has 0 radical (unpaired) electrons. The highest BCUT2D eigenvalue weighted by Gasteiger charge is 2.34. The van der Waals surface area contributed by atoms with Crippen LogP contribution in [-0.2, 0) is 4.79 Å². The number of carbonyl (C=O) groups is 1. The number of methoxy groups -OCH3 is 1. The maximum atomic E-state index is 15.4. The Morgan fingerprint density at radius 2 is 2.11 bits per heavy atom. The molecule has 2 aromatic carbocycles. The number of ether oxygens (including phenoxy) is 1. The molecule has 2 heterocycles. The van der Waals surface area contributed by atoms with Gasteiger partial charge in [0, 0.05) is 23.7 Å². The van der Waals surface area contributed by atoms with Gasteiger partial charge in [0.2, 0.25) is 0 Å². The summed E-state index contributed by atoms with van der Waals surface area (Å²) in [4.78, 5) is 18.3. The lowest BCUT2D eigenvalue weighted by atomic mass is 9.81.